The normalized spacial score (nSPS) is 18.5. The van der Waals surface area contributed by atoms with Gasteiger partial charge in [0.2, 0.25) is 0 Å². The number of nitrogens with two attached hydrogens (primary N) is 1. The number of halogens is 3. The van der Waals surface area contributed by atoms with Gasteiger partial charge in [0.25, 0.3) is 0 Å². The van der Waals surface area contributed by atoms with Crippen LogP contribution in [0.25, 0.3) is 11.2 Å². The molecule has 5 rings (SSSR count). The molecule has 1 saturated heterocycles. The summed E-state index contributed by atoms with van der Waals surface area (Å²) in [5, 5.41) is 2.61. The summed E-state index contributed by atoms with van der Waals surface area (Å²) in [7, 11) is -4.76. The number of rotatable bonds is 29. The highest BCUT2D eigenvalue weighted by Crippen LogP contribution is 2.49. The van der Waals surface area contributed by atoms with Gasteiger partial charge in [-0.15, -0.1) is 6.42 Å². The average molecular weight is 941 g/mol. The number of carbonyl (C=O) groups excluding carboxylic acids is 2. The van der Waals surface area contributed by atoms with Crippen LogP contribution in [0.1, 0.15) is 142 Å². The van der Waals surface area contributed by atoms with E-state index in [9.17, 15) is 27.3 Å². The zero-order valence-electron chi connectivity index (χ0n) is 38.2. The minimum atomic E-state index is -4.76. The van der Waals surface area contributed by atoms with Crippen molar-refractivity contribution in [2.24, 2.45) is 0 Å². The molecule has 3 heterocycles. The van der Waals surface area contributed by atoms with Gasteiger partial charge in [-0.05, 0) is 56.5 Å². The largest absolute Gasteiger partial charge is 0.462 e. The zero-order chi connectivity index (χ0) is 47.5. The van der Waals surface area contributed by atoms with Crippen molar-refractivity contribution in [2.75, 3.05) is 12.3 Å². The van der Waals surface area contributed by atoms with Crippen molar-refractivity contribution in [1.29, 1.82) is 0 Å². The van der Waals surface area contributed by atoms with Crippen LogP contribution in [0.15, 0.2) is 54.9 Å². The van der Waals surface area contributed by atoms with Crippen LogP contribution in [0.3, 0.4) is 0 Å². The number of imidazole rings is 1. The molecule has 4 aromatic rings. The van der Waals surface area contributed by atoms with E-state index in [0.717, 1.165) is 37.8 Å². The summed E-state index contributed by atoms with van der Waals surface area (Å²) in [6.07, 6.45) is 20.5. The number of anilines is 1. The molecular weight excluding hydrogens is 877 g/mol. The number of carbonyl (C=O) groups is 2. The van der Waals surface area contributed by atoms with Crippen LogP contribution in [0, 0.1) is 30.1 Å². The van der Waals surface area contributed by atoms with E-state index in [1.165, 1.54) is 87.2 Å². The molecule has 1 aliphatic rings. The number of fused-ring (bicyclic) bond motifs is 1. The minimum Gasteiger partial charge on any atom is -0.462 e. The SMILES string of the molecule is C#C[C@]1(CO[P@@](=O)(NC(Cc2cc(F)cc(F)c2)C(=O)OC(C)C)Oc2ccccc2)O[C@@H](n2cnc3c(N)nc(F)nc32)C[C@@H]1OC(=O)CCCCCCCCCCCCCCCCC. The molecule has 3 N–H and O–H groups in total. The van der Waals surface area contributed by atoms with E-state index < -0.39 is 80.5 Å². The molecule has 1 aliphatic heterocycles. The molecule has 0 bridgehead atoms. The van der Waals surface area contributed by atoms with Crippen molar-refractivity contribution < 1.29 is 50.6 Å². The molecule has 14 nitrogen and oxygen atoms in total. The number of nitrogens with one attached hydrogen (secondary N) is 1. The van der Waals surface area contributed by atoms with Gasteiger partial charge in [-0.2, -0.15) is 19.4 Å². The third-order valence-corrected chi connectivity index (χ3v) is 12.8. The Kier molecular flexibility index (Phi) is 20.3. The van der Waals surface area contributed by atoms with E-state index in [0.29, 0.717) is 12.5 Å². The topological polar surface area (TPSA) is 179 Å². The van der Waals surface area contributed by atoms with E-state index in [1.54, 1.807) is 32.0 Å². The van der Waals surface area contributed by atoms with Gasteiger partial charge < -0.3 is 24.5 Å². The lowest BCUT2D eigenvalue weighted by molar-refractivity contribution is -0.158. The molecule has 2 aromatic heterocycles. The maximum absolute atomic E-state index is 14.9. The summed E-state index contributed by atoms with van der Waals surface area (Å²) >= 11 is 0. The summed E-state index contributed by atoms with van der Waals surface area (Å²) in [6, 6.07) is 9.05. The predicted molar refractivity (Wildman–Crippen MR) is 244 cm³/mol. The second-order valence-corrected chi connectivity index (χ2v) is 18.7. The predicted octanol–water partition coefficient (Wildman–Crippen LogP) is 10.6. The standard InChI is InChI=1S/C48H64F3N6O8P/c1-5-7-8-9-10-11-12-13-14-15-16-17-18-19-23-26-42(58)63-40-31-41(57-33-53-43-44(52)54-47(51)55-45(43)57)64-48(40,6-2)32-61-66(60,65-38-24-21-20-22-25-38)56-39(46(59)62-34(3)4)29-35-27-36(49)30-37(50)28-35/h2,20-22,24-25,27-28,30,33-34,39-41H,5,7-19,23,26,29,31-32H2,1,3-4H3,(H,56,60)(H2,52,54,55)/t39?,40-,41+,48+,66-/m0/s1. The van der Waals surface area contributed by atoms with Gasteiger partial charge in [0.05, 0.1) is 12.4 Å². The third kappa shape index (κ3) is 15.8. The lowest BCUT2D eigenvalue weighted by Gasteiger charge is -2.31. The number of unbranched alkanes of at least 4 members (excludes halogenated alkanes) is 14. The first kappa shape index (κ1) is 52.0. The fourth-order valence-corrected chi connectivity index (χ4v) is 9.39. The van der Waals surface area contributed by atoms with Crippen molar-refractivity contribution in [3.8, 4) is 18.1 Å². The number of nitrogen functional groups attached to an aromatic ring is 1. The summed E-state index contributed by atoms with van der Waals surface area (Å²) in [4.78, 5) is 38.7. The summed E-state index contributed by atoms with van der Waals surface area (Å²) in [5.41, 5.74) is 4.05. The van der Waals surface area contributed by atoms with Crippen molar-refractivity contribution in [3.05, 3.63) is 78.1 Å². The molecule has 18 heteroatoms. The highest BCUT2D eigenvalue weighted by molar-refractivity contribution is 7.52. The molecule has 66 heavy (non-hydrogen) atoms. The molecule has 1 unspecified atom stereocenters. The van der Waals surface area contributed by atoms with Gasteiger partial charge in [0.1, 0.15) is 42.4 Å². The number of benzene rings is 2. The van der Waals surface area contributed by atoms with Gasteiger partial charge in [-0.25, -0.2) is 18.3 Å². The summed E-state index contributed by atoms with van der Waals surface area (Å²) in [5.74, 6) is -0.907. The Balaban J connectivity index is 1.30. The van der Waals surface area contributed by atoms with Crippen molar-refractivity contribution in [3.63, 3.8) is 0 Å². The summed E-state index contributed by atoms with van der Waals surface area (Å²) < 4.78 is 89.2. The van der Waals surface area contributed by atoms with Crippen LogP contribution in [0.5, 0.6) is 5.75 Å². The number of hydrogen-bond acceptors (Lipinski definition) is 12. The van der Waals surface area contributed by atoms with Crippen molar-refractivity contribution >= 4 is 36.7 Å². The fourth-order valence-electron chi connectivity index (χ4n) is 7.87. The number of ether oxygens (including phenoxy) is 3. The first-order valence-electron chi connectivity index (χ1n) is 23.2. The lowest BCUT2D eigenvalue weighted by Crippen LogP contribution is -2.46. The Bertz CT molecular complexity index is 2240. The first-order valence-corrected chi connectivity index (χ1v) is 24.7. The monoisotopic (exact) mass is 940 g/mol. The lowest BCUT2D eigenvalue weighted by atomic mass is 9.98. The van der Waals surface area contributed by atoms with Gasteiger partial charge >= 0.3 is 25.8 Å². The van der Waals surface area contributed by atoms with E-state index in [1.807, 2.05) is 0 Å². The van der Waals surface area contributed by atoms with Gasteiger partial charge in [0, 0.05) is 18.9 Å². The van der Waals surface area contributed by atoms with Crippen LogP contribution < -0.4 is 15.3 Å². The quantitative estimate of drug-likeness (QED) is 0.0173. The molecule has 0 saturated carbocycles. The maximum atomic E-state index is 14.9. The van der Waals surface area contributed by atoms with Gasteiger partial charge in [0.15, 0.2) is 22.6 Å². The molecule has 0 radical (unpaired) electrons. The minimum absolute atomic E-state index is 0.0262. The van der Waals surface area contributed by atoms with E-state index in [4.69, 9.17) is 35.4 Å². The van der Waals surface area contributed by atoms with E-state index >= 15 is 0 Å². The number of hydrogen-bond donors (Lipinski definition) is 2. The Hall–Kier alpha value is -5.01. The van der Waals surface area contributed by atoms with Gasteiger partial charge in [-0.1, -0.05) is 121 Å². The molecule has 360 valence electrons. The zero-order valence-corrected chi connectivity index (χ0v) is 39.1. The van der Waals surface area contributed by atoms with Crippen LogP contribution in [-0.2, 0) is 39.3 Å². The van der Waals surface area contributed by atoms with E-state index in [-0.39, 0.29) is 41.1 Å². The molecule has 5 atom stereocenters. The number of para-hydroxylation sites is 1. The van der Waals surface area contributed by atoms with Crippen LogP contribution in [-0.4, -0.2) is 61.9 Å². The van der Waals surface area contributed by atoms with Crippen LogP contribution in [0.2, 0.25) is 0 Å². The Morgan fingerprint density at radius 3 is 2.14 bits per heavy atom. The Morgan fingerprint density at radius 2 is 1.55 bits per heavy atom. The number of esters is 2. The van der Waals surface area contributed by atoms with Gasteiger partial charge in [-0.3, -0.25) is 18.7 Å². The Labute approximate surface area is 385 Å². The molecule has 0 amide bonds. The molecule has 0 aliphatic carbocycles. The third-order valence-electron chi connectivity index (χ3n) is 11.2. The second kappa shape index (κ2) is 25.8. The fraction of sp³-hybridized carbons (Fsp3) is 0.562. The van der Waals surface area contributed by atoms with E-state index in [2.05, 4.69) is 32.9 Å². The Morgan fingerprint density at radius 1 is 0.939 bits per heavy atom. The molecular formula is C48H64F3N6O8P. The summed E-state index contributed by atoms with van der Waals surface area (Å²) in [6.45, 7) is 4.67. The number of terminal acetylenes is 1. The highest BCUT2D eigenvalue weighted by atomic mass is 31.2. The smallest absolute Gasteiger partial charge is 0.459 e. The average Bonchev–Trinajstić information content (AvgIpc) is 3.85. The van der Waals surface area contributed by atoms with Crippen LogP contribution >= 0.6 is 7.75 Å². The van der Waals surface area contributed by atoms with Crippen molar-refractivity contribution in [2.45, 2.75) is 166 Å². The number of nitrogens with zero attached hydrogens (tertiary/aromatic N) is 4. The van der Waals surface area contributed by atoms with Crippen molar-refractivity contribution in [1.82, 2.24) is 24.6 Å². The molecule has 2 aromatic carbocycles. The molecule has 1 fully saturated rings. The van der Waals surface area contributed by atoms with Crippen LogP contribution in [0.4, 0.5) is 19.0 Å². The maximum Gasteiger partial charge on any atom is 0.459 e. The highest BCUT2D eigenvalue weighted by Gasteiger charge is 2.53. The number of aromatic nitrogens is 4. The second-order valence-electron chi connectivity index (χ2n) is 17.0. The first-order chi connectivity index (χ1) is 31.7. The molecule has 0 spiro atoms.